The van der Waals surface area contributed by atoms with Gasteiger partial charge in [0.2, 0.25) is 0 Å². The number of H-pyrrole nitrogens is 1. The minimum atomic E-state index is -4.53. The first kappa shape index (κ1) is 16.6. The Morgan fingerprint density at radius 3 is 2.70 bits per heavy atom. The van der Waals surface area contributed by atoms with E-state index in [1.54, 1.807) is 19.2 Å². The van der Waals surface area contributed by atoms with Crippen molar-refractivity contribution in [2.45, 2.75) is 31.9 Å². The molecule has 0 amide bonds. The Balaban J connectivity index is 1.86. The van der Waals surface area contributed by atoms with E-state index in [0.717, 1.165) is 30.1 Å². The van der Waals surface area contributed by atoms with Crippen LogP contribution in [0.15, 0.2) is 24.5 Å². The molecule has 4 aromatic rings. The van der Waals surface area contributed by atoms with Crippen molar-refractivity contribution in [3.63, 3.8) is 0 Å². The Morgan fingerprint density at radius 2 is 2.00 bits per heavy atom. The van der Waals surface area contributed by atoms with Gasteiger partial charge in [-0.15, -0.1) is 0 Å². The van der Waals surface area contributed by atoms with Crippen LogP contribution >= 0.6 is 11.6 Å². The number of halogens is 4. The highest BCUT2D eigenvalue weighted by Gasteiger charge is 2.36. The zero-order chi connectivity index (χ0) is 18.9. The Morgan fingerprint density at radius 1 is 1.22 bits per heavy atom. The smallest absolute Gasteiger partial charge is 0.287 e. The van der Waals surface area contributed by atoms with Gasteiger partial charge < -0.3 is 0 Å². The highest BCUT2D eigenvalue weighted by Crippen LogP contribution is 2.46. The van der Waals surface area contributed by atoms with E-state index in [1.807, 2.05) is 6.07 Å². The summed E-state index contributed by atoms with van der Waals surface area (Å²) in [5.74, 6) is 0.711. The van der Waals surface area contributed by atoms with E-state index in [2.05, 4.69) is 20.2 Å². The van der Waals surface area contributed by atoms with Crippen molar-refractivity contribution < 1.29 is 13.2 Å². The van der Waals surface area contributed by atoms with Crippen LogP contribution in [-0.4, -0.2) is 24.6 Å². The van der Waals surface area contributed by atoms with Gasteiger partial charge >= 0.3 is 6.18 Å². The molecule has 1 saturated carbocycles. The quantitative estimate of drug-likeness (QED) is 0.515. The minimum absolute atomic E-state index is 0.230. The molecule has 0 bridgehead atoms. The molecule has 0 atom stereocenters. The molecule has 9 heteroatoms. The average molecular weight is 392 g/mol. The van der Waals surface area contributed by atoms with E-state index in [9.17, 15) is 13.2 Å². The van der Waals surface area contributed by atoms with Gasteiger partial charge in [-0.3, -0.25) is 9.50 Å². The van der Waals surface area contributed by atoms with Gasteiger partial charge in [0.25, 0.3) is 0 Å². The Hall–Kier alpha value is -2.61. The van der Waals surface area contributed by atoms with Crippen molar-refractivity contribution in [3.8, 4) is 11.1 Å². The van der Waals surface area contributed by atoms with Crippen molar-refractivity contribution in [1.29, 1.82) is 0 Å². The zero-order valence-corrected chi connectivity index (χ0v) is 14.9. The normalized spacial score (nSPS) is 15.1. The lowest BCUT2D eigenvalue weighted by Gasteiger charge is -2.13. The maximum absolute atomic E-state index is 13.3. The number of imidazole rings is 1. The number of hydrogen-bond donors (Lipinski definition) is 1. The molecule has 0 radical (unpaired) electrons. The Kier molecular flexibility index (Phi) is 3.34. The summed E-state index contributed by atoms with van der Waals surface area (Å²) in [5.41, 5.74) is 2.06. The van der Waals surface area contributed by atoms with Gasteiger partial charge in [0, 0.05) is 23.1 Å². The topological polar surface area (TPSA) is 58.9 Å². The van der Waals surface area contributed by atoms with Crippen LogP contribution in [0.2, 0.25) is 5.02 Å². The Bertz CT molecular complexity index is 1200. The van der Waals surface area contributed by atoms with Crippen molar-refractivity contribution in [2.24, 2.45) is 0 Å². The van der Waals surface area contributed by atoms with Crippen molar-refractivity contribution in [3.05, 3.63) is 46.8 Å². The van der Waals surface area contributed by atoms with E-state index in [4.69, 9.17) is 11.6 Å². The first-order chi connectivity index (χ1) is 12.8. The van der Waals surface area contributed by atoms with Crippen LogP contribution in [0.25, 0.3) is 27.7 Å². The first-order valence-electron chi connectivity index (χ1n) is 8.42. The molecule has 0 saturated heterocycles. The SMILES string of the molecule is Cc1nc(C2CC2)c(-c2cc(Cl)c3[nH]ncc3c2)c2nc(C(F)(F)F)cn12. The number of hydrogen-bond acceptors (Lipinski definition) is 3. The molecule has 1 fully saturated rings. The van der Waals surface area contributed by atoms with E-state index in [1.165, 1.54) is 4.40 Å². The van der Waals surface area contributed by atoms with Crippen molar-refractivity contribution in [1.82, 2.24) is 24.6 Å². The third kappa shape index (κ3) is 2.58. The van der Waals surface area contributed by atoms with Gasteiger partial charge in [0.1, 0.15) is 11.5 Å². The molecule has 5 nitrogen and oxygen atoms in total. The maximum Gasteiger partial charge on any atom is 0.434 e. The van der Waals surface area contributed by atoms with Crippen molar-refractivity contribution >= 4 is 28.2 Å². The van der Waals surface area contributed by atoms with Gasteiger partial charge in [-0.05, 0) is 37.5 Å². The summed E-state index contributed by atoms with van der Waals surface area (Å²) in [5, 5.41) is 8.03. The van der Waals surface area contributed by atoms with Crippen LogP contribution in [-0.2, 0) is 6.18 Å². The van der Waals surface area contributed by atoms with Gasteiger partial charge in [0.05, 0.1) is 22.4 Å². The van der Waals surface area contributed by atoms with E-state index >= 15 is 0 Å². The summed E-state index contributed by atoms with van der Waals surface area (Å²) in [4.78, 5) is 8.54. The largest absolute Gasteiger partial charge is 0.434 e. The molecule has 1 N–H and O–H groups in total. The second kappa shape index (κ2) is 5.45. The number of aromatic nitrogens is 5. The zero-order valence-electron chi connectivity index (χ0n) is 14.1. The van der Waals surface area contributed by atoms with E-state index in [0.29, 0.717) is 27.5 Å². The fourth-order valence-corrected chi connectivity index (χ4v) is 3.70. The number of fused-ring (bicyclic) bond motifs is 2. The lowest BCUT2D eigenvalue weighted by molar-refractivity contribution is -0.140. The number of aromatic amines is 1. The third-order valence-electron chi connectivity index (χ3n) is 4.86. The number of alkyl halides is 3. The maximum atomic E-state index is 13.3. The minimum Gasteiger partial charge on any atom is -0.287 e. The molecule has 5 rings (SSSR count). The number of nitrogens with one attached hydrogen (secondary N) is 1. The van der Waals surface area contributed by atoms with Gasteiger partial charge in [0.15, 0.2) is 5.69 Å². The molecule has 3 aromatic heterocycles. The fourth-order valence-electron chi connectivity index (χ4n) is 3.43. The standard InChI is InChI=1S/C18H13ClF3N5/c1-8-24-16(9-2-3-9)14(17-25-13(7-27(8)17)18(20,21)22)10-4-11-6-23-26-15(11)12(19)5-10/h4-7,9H,2-3H2,1H3,(H,23,26). The lowest BCUT2D eigenvalue weighted by Crippen LogP contribution is -2.04. The molecule has 1 aliphatic rings. The van der Waals surface area contributed by atoms with Crippen LogP contribution in [0.4, 0.5) is 13.2 Å². The molecule has 0 aliphatic heterocycles. The van der Waals surface area contributed by atoms with Crippen LogP contribution in [0.3, 0.4) is 0 Å². The monoisotopic (exact) mass is 391 g/mol. The average Bonchev–Trinajstić information content (AvgIpc) is 3.14. The molecular formula is C18H13ClF3N5. The second-order valence-electron chi connectivity index (χ2n) is 6.80. The van der Waals surface area contributed by atoms with Crippen LogP contribution in [0, 0.1) is 6.92 Å². The summed E-state index contributed by atoms with van der Waals surface area (Å²) in [6, 6.07) is 3.58. The highest BCUT2D eigenvalue weighted by atomic mass is 35.5. The molecule has 3 heterocycles. The van der Waals surface area contributed by atoms with Gasteiger partial charge in [-0.1, -0.05) is 11.6 Å². The number of benzene rings is 1. The molecular weight excluding hydrogens is 379 g/mol. The van der Waals surface area contributed by atoms with Crippen LogP contribution < -0.4 is 0 Å². The Labute approximate surface area is 156 Å². The number of nitrogens with zero attached hydrogens (tertiary/aromatic N) is 4. The predicted octanol–water partition coefficient (Wildman–Crippen LogP) is 5.13. The fraction of sp³-hybridized carbons (Fsp3) is 0.278. The number of rotatable bonds is 2. The summed E-state index contributed by atoms with van der Waals surface area (Å²) in [6.45, 7) is 1.69. The van der Waals surface area contributed by atoms with Gasteiger partial charge in [-0.25, -0.2) is 9.97 Å². The van der Waals surface area contributed by atoms with Crippen LogP contribution in [0.1, 0.15) is 36.0 Å². The first-order valence-corrected chi connectivity index (χ1v) is 8.80. The van der Waals surface area contributed by atoms with E-state index in [-0.39, 0.29) is 11.6 Å². The molecule has 1 aromatic carbocycles. The second-order valence-corrected chi connectivity index (χ2v) is 7.21. The van der Waals surface area contributed by atoms with Crippen molar-refractivity contribution in [2.75, 3.05) is 0 Å². The summed E-state index contributed by atoms with van der Waals surface area (Å²) >= 11 is 6.36. The third-order valence-corrected chi connectivity index (χ3v) is 5.16. The predicted molar refractivity (Wildman–Crippen MR) is 94.8 cm³/mol. The number of aryl methyl sites for hydroxylation is 1. The molecule has 0 spiro atoms. The van der Waals surface area contributed by atoms with Gasteiger partial charge in [-0.2, -0.15) is 18.3 Å². The molecule has 138 valence electrons. The van der Waals surface area contributed by atoms with Crippen LogP contribution in [0.5, 0.6) is 0 Å². The summed E-state index contributed by atoms with van der Waals surface area (Å²) in [6.07, 6.45) is 0.0266. The lowest BCUT2D eigenvalue weighted by atomic mass is 10.0. The summed E-state index contributed by atoms with van der Waals surface area (Å²) < 4.78 is 41.2. The highest BCUT2D eigenvalue weighted by molar-refractivity contribution is 6.35. The van der Waals surface area contributed by atoms with E-state index < -0.39 is 11.9 Å². The molecule has 0 unspecified atom stereocenters. The molecule has 1 aliphatic carbocycles. The summed E-state index contributed by atoms with van der Waals surface area (Å²) in [7, 11) is 0. The molecule has 27 heavy (non-hydrogen) atoms.